The van der Waals surface area contributed by atoms with Crippen LogP contribution >= 0.6 is 12.4 Å². The Kier molecular flexibility index (Phi) is 9.26. The number of likely N-dealkylation sites (tertiary alicyclic amines) is 1. The lowest BCUT2D eigenvalue weighted by Gasteiger charge is -2.35. The predicted molar refractivity (Wildman–Crippen MR) is 118 cm³/mol. The van der Waals surface area contributed by atoms with Gasteiger partial charge in [0, 0.05) is 19.0 Å². The number of methoxy groups -OCH3 is 1. The van der Waals surface area contributed by atoms with E-state index in [0.717, 1.165) is 30.8 Å². The van der Waals surface area contributed by atoms with Crippen molar-refractivity contribution in [3.8, 4) is 5.75 Å². The van der Waals surface area contributed by atoms with Gasteiger partial charge >= 0.3 is 0 Å². The maximum Gasteiger partial charge on any atom is 0.156 e. The molecule has 150 valence electrons. The number of rotatable bonds is 8. The molecule has 1 aliphatic heterocycles. The Morgan fingerprint density at radius 2 is 1.86 bits per heavy atom. The molecule has 1 aliphatic rings. The second kappa shape index (κ2) is 11.7. The molecule has 4 heteroatoms. The number of carbonyl (C=O) groups is 1. The van der Waals surface area contributed by atoms with Crippen LogP contribution in [-0.4, -0.2) is 36.9 Å². The van der Waals surface area contributed by atoms with E-state index >= 15 is 0 Å². The van der Waals surface area contributed by atoms with Crippen molar-refractivity contribution in [3.05, 3.63) is 71.8 Å². The highest BCUT2D eigenvalue weighted by atomic mass is 35.5. The van der Waals surface area contributed by atoms with Gasteiger partial charge in [0.15, 0.2) is 5.78 Å². The Balaban J connectivity index is 0.00000280. The van der Waals surface area contributed by atoms with Gasteiger partial charge in [0.2, 0.25) is 0 Å². The summed E-state index contributed by atoms with van der Waals surface area (Å²) < 4.78 is 5.16. The minimum absolute atomic E-state index is 0. The lowest BCUT2D eigenvalue weighted by Crippen LogP contribution is -2.41. The number of ether oxygens (including phenoxy) is 1. The van der Waals surface area contributed by atoms with E-state index in [1.807, 2.05) is 30.3 Å². The molecule has 1 heterocycles. The van der Waals surface area contributed by atoms with E-state index in [2.05, 4.69) is 35.2 Å². The molecule has 1 unspecified atom stereocenters. The smallest absolute Gasteiger partial charge is 0.156 e. The van der Waals surface area contributed by atoms with E-state index < -0.39 is 0 Å². The summed E-state index contributed by atoms with van der Waals surface area (Å²) in [5.41, 5.74) is 2.41. The summed E-state index contributed by atoms with van der Waals surface area (Å²) in [5.74, 6) is 1.02. The molecule has 3 nitrogen and oxygen atoms in total. The average molecular weight is 400 g/mol. The van der Waals surface area contributed by atoms with Crippen molar-refractivity contribution >= 4 is 24.3 Å². The first-order valence-corrected chi connectivity index (χ1v) is 9.87. The molecule has 0 bridgehead atoms. The van der Waals surface area contributed by atoms with Gasteiger partial charge in [0.1, 0.15) is 5.75 Å². The highest BCUT2D eigenvalue weighted by Crippen LogP contribution is 2.21. The molecule has 1 saturated heterocycles. The first-order chi connectivity index (χ1) is 13.2. The monoisotopic (exact) mass is 399 g/mol. The summed E-state index contributed by atoms with van der Waals surface area (Å²) in [6, 6.07) is 19.0. The lowest BCUT2D eigenvalue weighted by atomic mass is 9.95. The molecule has 0 saturated carbocycles. The van der Waals surface area contributed by atoms with E-state index in [4.69, 9.17) is 4.74 Å². The standard InChI is InChI=1S/C24H29NO2.ClH/c1-27-24-14-11-20(12-15-24)10-13-23(26)16-18-25-17-6-5-9-22(25)19-21-7-3-2-4-8-21;/h2-4,7-8,10-15,22H,5-6,9,16-19H2,1H3;1H. The van der Waals surface area contributed by atoms with Gasteiger partial charge in [-0.25, -0.2) is 0 Å². The Morgan fingerprint density at radius 1 is 1.11 bits per heavy atom. The molecule has 1 fully saturated rings. The molecule has 1 atom stereocenters. The van der Waals surface area contributed by atoms with Gasteiger partial charge < -0.3 is 4.74 Å². The van der Waals surface area contributed by atoms with Gasteiger partial charge in [0.25, 0.3) is 0 Å². The number of halogens is 1. The largest absolute Gasteiger partial charge is 0.497 e. The van der Waals surface area contributed by atoms with Crippen molar-refractivity contribution in [2.75, 3.05) is 20.2 Å². The van der Waals surface area contributed by atoms with E-state index in [0.29, 0.717) is 12.5 Å². The first kappa shape index (κ1) is 22.2. The summed E-state index contributed by atoms with van der Waals surface area (Å²) in [7, 11) is 1.65. The molecule has 0 radical (unpaired) electrons. The van der Waals surface area contributed by atoms with Crippen LogP contribution in [-0.2, 0) is 11.2 Å². The third-order valence-corrected chi connectivity index (χ3v) is 5.29. The highest BCUT2D eigenvalue weighted by Gasteiger charge is 2.22. The zero-order valence-corrected chi connectivity index (χ0v) is 17.4. The van der Waals surface area contributed by atoms with Crippen LogP contribution < -0.4 is 4.74 Å². The third-order valence-electron chi connectivity index (χ3n) is 5.29. The van der Waals surface area contributed by atoms with Gasteiger partial charge in [-0.1, -0.05) is 55.0 Å². The zero-order chi connectivity index (χ0) is 18.9. The van der Waals surface area contributed by atoms with Crippen molar-refractivity contribution in [3.63, 3.8) is 0 Å². The number of allylic oxidation sites excluding steroid dienone is 1. The second-order valence-corrected chi connectivity index (χ2v) is 7.20. The van der Waals surface area contributed by atoms with Crippen LogP contribution in [0.1, 0.15) is 36.8 Å². The third kappa shape index (κ3) is 6.81. The van der Waals surface area contributed by atoms with Crippen molar-refractivity contribution in [1.82, 2.24) is 4.90 Å². The number of carbonyl (C=O) groups excluding carboxylic acids is 1. The Bertz CT molecular complexity index is 743. The van der Waals surface area contributed by atoms with Crippen molar-refractivity contribution in [2.45, 2.75) is 38.1 Å². The van der Waals surface area contributed by atoms with E-state index in [9.17, 15) is 4.79 Å². The normalized spacial score (nSPS) is 17.2. The SMILES string of the molecule is COc1ccc(C=CC(=O)CCN2CCCCC2Cc2ccccc2)cc1.Cl. The first-order valence-electron chi connectivity index (χ1n) is 9.87. The highest BCUT2D eigenvalue weighted by molar-refractivity contribution is 5.93. The van der Waals surface area contributed by atoms with Gasteiger partial charge in [-0.2, -0.15) is 0 Å². The Morgan fingerprint density at radius 3 is 2.57 bits per heavy atom. The molecule has 0 aromatic heterocycles. The molecule has 2 aromatic rings. The van der Waals surface area contributed by atoms with E-state index in [-0.39, 0.29) is 18.2 Å². The minimum Gasteiger partial charge on any atom is -0.497 e. The predicted octanol–water partition coefficient (Wildman–Crippen LogP) is 5.19. The quantitative estimate of drug-likeness (QED) is 0.572. The van der Waals surface area contributed by atoms with Crippen LogP contribution in [0, 0.1) is 0 Å². The molecular weight excluding hydrogens is 370 g/mol. The van der Waals surface area contributed by atoms with E-state index in [1.54, 1.807) is 13.2 Å². The minimum atomic E-state index is 0. The average Bonchev–Trinajstić information content (AvgIpc) is 2.73. The summed E-state index contributed by atoms with van der Waals surface area (Å²) in [4.78, 5) is 14.8. The van der Waals surface area contributed by atoms with Crippen molar-refractivity contribution < 1.29 is 9.53 Å². The Hall–Kier alpha value is -2.10. The fourth-order valence-corrected chi connectivity index (χ4v) is 3.71. The van der Waals surface area contributed by atoms with Gasteiger partial charge in [-0.3, -0.25) is 9.69 Å². The molecule has 0 aliphatic carbocycles. The lowest BCUT2D eigenvalue weighted by molar-refractivity contribution is -0.115. The number of hydrogen-bond donors (Lipinski definition) is 0. The second-order valence-electron chi connectivity index (χ2n) is 7.20. The van der Waals surface area contributed by atoms with Crippen molar-refractivity contribution in [1.29, 1.82) is 0 Å². The fraction of sp³-hybridized carbons (Fsp3) is 0.375. The summed E-state index contributed by atoms with van der Waals surface area (Å²) in [6.45, 7) is 1.95. The number of nitrogens with zero attached hydrogens (tertiary/aromatic N) is 1. The summed E-state index contributed by atoms with van der Waals surface area (Å²) >= 11 is 0. The molecule has 2 aromatic carbocycles. The molecule has 0 amide bonds. The van der Waals surface area contributed by atoms with E-state index in [1.165, 1.54) is 24.8 Å². The van der Waals surface area contributed by atoms with Crippen LogP contribution in [0.2, 0.25) is 0 Å². The van der Waals surface area contributed by atoms with Crippen LogP contribution in [0.4, 0.5) is 0 Å². The Labute approximate surface area is 174 Å². The maximum absolute atomic E-state index is 12.3. The topological polar surface area (TPSA) is 29.5 Å². The maximum atomic E-state index is 12.3. The van der Waals surface area contributed by atoms with Crippen LogP contribution in [0.15, 0.2) is 60.7 Å². The summed E-state index contributed by atoms with van der Waals surface area (Å²) in [6.07, 6.45) is 9.01. The molecule has 0 N–H and O–H groups in total. The molecule has 28 heavy (non-hydrogen) atoms. The van der Waals surface area contributed by atoms with Crippen molar-refractivity contribution in [2.24, 2.45) is 0 Å². The van der Waals surface area contributed by atoms with Crippen LogP contribution in [0.5, 0.6) is 5.75 Å². The molecule has 0 spiro atoms. The molecular formula is C24H30ClNO2. The fourth-order valence-electron chi connectivity index (χ4n) is 3.71. The zero-order valence-electron chi connectivity index (χ0n) is 16.5. The number of benzene rings is 2. The van der Waals surface area contributed by atoms with Crippen LogP contribution in [0.25, 0.3) is 6.08 Å². The van der Waals surface area contributed by atoms with Gasteiger partial charge in [-0.05, 0) is 55.1 Å². The molecule has 3 rings (SSSR count). The van der Waals surface area contributed by atoms with Gasteiger partial charge in [-0.15, -0.1) is 12.4 Å². The number of ketones is 1. The van der Waals surface area contributed by atoms with Gasteiger partial charge in [0.05, 0.1) is 7.11 Å². The number of hydrogen-bond acceptors (Lipinski definition) is 3. The summed E-state index contributed by atoms with van der Waals surface area (Å²) in [5, 5.41) is 0. The van der Waals surface area contributed by atoms with Crippen LogP contribution in [0.3, 0.4) is 0 Å². The number of piperidine rings is 1.